The number of hydrogen-bond donors (Lipinski definition) is 2. The van der Waals surface area contributed by atoms with Gasteiger partial charge in [-0.25, -0.2) is 4.98 Å². The second-order valence-electron chi connectivity index (χ2n) is 3.82. The summed E-state index contributed by atoms with van der Waals surface area (Å²) < 4.78 is 5.05. The summed E-state index contributed by atoms with van der Waals surface area (Å²) in [6.45, 7) is 0. The van der Waals surface area contributed by atoms with Crippen molar-refractivity contribution in [2.45, 2.75) is 6.42 Å². The van der Waals surface area contributed by atoms with Crippen LogP contribution in [0.3, 0.4) is 0 Å². The SMILES string of the molecule is COc1nc(-c2ccccc2O)ncc1CC(=O)O. The molecule has 0 saturated carbocycles. The summed E-state index contributed by atoms with van der Waals surface area (Å²) in [7, 11) is 1.41. The fourth-order valence-corrected chi connectivity index (χ4v) is 1.64. The van der Waals surface area contributed by atoms with Crippen molar-refractivity contribution in [2.75, 3.05) is 7.11 Å². The quantitative estimate of drug-likeness (QED) is 0.865. The number of aromatic nitrogens is 2. The summed E-state index contributed by atoms with van der Waals surface area (Å²) in [4.78, 5) is 18.9. The van der Waals surface area contributed by atoms with E-state index >= 15 is 0 Å². The van der Waals surface area contributed by atoms with Gasteiger partial charge < -0.3 is 14.9 Å². The predicted molar refractivity (Wildman–Crippen MR) is 67.0 cm³/mol. The van der Waals surface area contributed by atoms with Crippen LogP contribution in [-0.4, -0.2) is 33.3 Å². The van der Waals surface area contributed by atoms with Gasteiger partial charge in [-0.2, -0.15) is 4.98 Å². The lowest BCUT2D eigenvalue weighted by Gasteiger charge is -2.08. The fraction of sp³-hybridized carbons (Fsp3) is 0.154. The number of benzene rings is 1. The number of carboxylic acids is 1. The Kier molecular flexibility index (Phi) is 3.61. The van der Waals surface area contributed by atoms with Crippen LogP contribution < -0.4 is 4.74 Å². The minimum absolute atomic E-state index is 0.0514. The largest absolute Gasteiger partial charge is 0.507 e. The fourth-order valence-electron chi connectivity index (χ4n) is 1.64. The topological polar surface area (TPSA) is 92.5 Å². The number of carbonyl (C=O) groups is 1. The summed E-state index contributed by atoms with van der Waals surface area (Å²) in [5, 5.41) is 18.5. The maximum absolute atomic E-state index is 10.7. The second kappa shape index (κ2) is 5.34. The van der Waals surface area contributed by atoms with Crippen LogP contribution in [0.2, 0.25) is 0 Å². The van der Waals surface area contributed by atoms with Crippen LogP contribution in [0.15, 0.2) is 30.5 Å². The summed E-state index contributed by atoms with van der Waals surface area (Å²) in [5.41, 5.74) is 0.844. The van der Waals surface area contributed by atoms with Crippen molar-refractivity contribution in [1.82, 2.24) is 9.97 Å². The molecule has 98 valence electrons. The molecular weight excluding hydrogens is 248 g/mol. The Morgan fingerprint density at radius 1 is 1.37 bits per heavy atom. The van der Waals surface area contributed by atoms with Crippen LogP contribution >= 0.6 is 0 Å². The van der Waals surface area contributed by atoms with Crippen molar-refractivity contribution in [2.24, 2.45) is 0 Å². The first-order chi connectivity index (χ1) is 9.11. The molecule has 6 nitrogen and oxygen atoms in total. The third-order valence-electron chi connectivity index (χ3n) is 2.50. The molecule has 0 fully saturated rings. The van der Waals surface area contributed by atoms with Gasteiger partial charge in [-0.3, -0.25) is 4.79 Å². The Balaban J connectivity index is 2.45. The number of phenolic OH excluding ortho intramolecular Hbond substituents is 1. The zero-order valence-corrected chi connectivity index (χ0v) is 10.2. The molecule has 0 bridgehead atoms. The first-order valence-electron chi connectivity index (χ1n) is 5.52. The molecule has 0 saturated heterocycles. The van der Waals surface area contributed by atoms with Gasteiger partial charge >= 0.3 is 5.97 Å². The number of phenols is 1. The van der Waals surface area contributed by atoms with E-state index in [9.17, 15) is 9.90 Å². The van der Waals surface area contributed by atoms with E-state index in [4.69, 9.17) is 9.84 Å². The zero-order chi connectivity index (χ0) is 13.8. The van der Waals surface area contributed by atoms with Gasteiger partial charge in [0.2, 0.25) is 5.88 Å². The van der Waals surface area contributed by atoms with Crippen LogP contribution in [0.25, 0.3) is 11.4 Å². The maximum atomic E-state index is 10.7. The molecule has 6 heteroatoms. The van der Waals surface area contributed by atoms with E-state index in [1.165, 1.54) is 19.4 Å². The Bertz CT molecular complexity index is 613. The molecule has 1 aromatic carbocycles. The highest BCUT2D eigenvalue weighted by atomic mass is 16.5. The monoisotopic (exact) mass is 260 g/mol. The van der Waals surface area contributed by atoms with Crippen molar-refractivity contribution in [3.63, 3.8) is 0 Å². The molecule has 0 aliphatic heterocycles. The molecule has 0 aliphatic carbocycles. The highest BCUT2D eigenvalue weighted by Gasteiger charge is 2.13. The van der Waals surface area contributed by atoms with Gasteiger partial charge in [0.25, 0.3) is 0 Å². The number of aromatic hydroxyl groups is 1. The Hall–Kier alpha value is -2.63. The van der Waals surface area contributed by atoms with E-state index in [1.807, 2.05) is 0 Å². The van der Waals surface area contributed by atoms with E-state index in [2.05, 4.69) is 9.97 Å². The number of rotatable bonds is 4. The third-order valence-corrected chi connectivity index (χ3v) is 2.50. The summed E-state index contributed by atoms with van der Waals surface area (Å²) in [5.74, 6) is -0.465. The highest BCUT2D eigenvalue weighted by molar-refractivity contribution is 5.71. The van der Waals surface area contributed by atoms with Gasteiger partial charge in [-0.05, 0) is 12.1 Å². The first kappa shape index (κ1) is 12.8. The van der Waals surface area contributed by atoms with Crippen molar-refractivity contribution < 1.29 is 19.7 Å². The number of carboxylic acid groups (broad SMARTS) is 1. The van der Waals surface area contributed by atoms with E-state index in [0.29, 0.717) is 11.1 Å². The predicted octanol–water partition coefficient (Wildman–Crippen LogP) is 1.48. The Morgan fingerprint density at radius 3 is 2.74 bits per heavy atom. The maximum Gasteiger partial charge on any atom is 0.308 e. The molecule has 0 atom stereocenters. The molecular formula is C13H12N2O4. The van der Waals surface area contributed by atoms with Crippen molar-refractivity contribution in [3.8, 4) is 23.0 Å². The van der Waals surface area contributed by atoms with Crippen LogP contribution in [0.5, 0.6) is 11.6 Å². The highest BCUT2D eigenvalue weighted by Crippen LogP contribution is 2.27. The van der Waals surface area contributed by atoms with E-state index in [-0.39, 0.29) is 23.9 Å². The molecule has 0 radical (unpaired) electrons. The standard InChI is InChI=1S/C13H12N2O4/c1-19-13-8(6-11(17)18)7-14-12(15-13)9-4-2-3-5-10(9)16/h2-5,7,16H,6H2,1H3,(H,17,18). The molecule has 0 aliphatic rings. The minimum atomic E-state index is -0.989. The molecule has 0 spiro atoms. The number of aliphatic carboxylic acids is 1. The lowest BCUT2D eigenvalue weighted by Crippen LogP contribution is -2.05. The molecule has 2 aromatic rings. The average molecular weight is 260 g/mol. The average Bonchev–Trinajstić information content (AvgIpc) is 2.39. The minimum Gasteiger partial charge on any atom is -0.507 e. The van der Waals surface area contributed by atoms with Gasteiger partial charge in [-0.15, -0.1) is 0 Å². The van der Waals surface area contributed by atoms with Crippen LogP contribution in [0, 0.1) is 0 Å². The van der Waals surface area contributed by atoms with Crippen molar-refractivity contribution in [1.29, 1.82) is 0 Å². The lowest BCUT2D eigenvalue weighted by molar-refractivity contribution is -0.136. The number of nitrogens with zero attached hydrogens (tertiary/aromatic N) is 2. The number of methoxy groups -OCH3 is 1. The van der Waals surface area contributed by atoms with Gasteiger partial charge in [0.05, 0.1) is 19.1 Å². The van der Waals surface area contributed by atoms with Crippen LogP contribution in [0.1, 0.15) is 5.56 Å². The zero-order valence-electron chi connectivity index (χ0n) is 10.2. The van der Waals surface area contributed by atoms with Crippen LogP contribution in [0.4, 0.5) is 0 Å². The molecule has 0 unspecified atom stereocenters. The summed E-state index contributed by atoms with van der Waals surface area (Å²) in [6, 6.07) is 6.63. The number of para-hydroxylation sites is 1. The molecule has 2 N–H and O–H groups in total. The Labute approximate surface area is 109 Å². The second-order valence-corrected chi connectivity index (χ2v) is 3.82. The van der Waals surface area contributed by atoms with Gasteiger partial charge in [0, 0.05) is 11.8 Å². The van der Waals surface area contributed by atoms with Gasteiger partial charge in [-0.1, -0.05) is 12.1 Å². The Morgan fingerprint density at radius 2 is 2.11 bits per heavy atom. The summed E-state index contributed by atoms with van der Waals surface area (Å²) in [6.07, 6.45) is 1.17. The van der Waals surface area contributed by atoms with E-state index < -0.39 is 5.97 Å². The smallest absolute Gasteiger partial charge is 0.308 e. The van der Waals surface area contributed by atoms with Gasteiger partial charge in [0.1, 0.15) is 5.75 Å². The number of hydrogen-bond acceptors (Lipinski definition) is 5. The molecule has 0 amide bonds. The lowest BCUT2D eigenvalue weighted by atomic mass is 10.1. The van der Waals surface area contributed by atoms with Crippen molar-refractivity contribution >= 4 is 5.97 Å². The van der Waals surface area contributed by atoms with Crippen LogP contribution in [-0.2, 0) is 11.2 Å². The third kappa shape index (κ3) is 2.79. The van der Waals surface area contributed by atoms with Gasteiger partial charge in [0.15, 0.2) is 5.82 Å². The molecule has 1 heterocycles. The number of ether oxygens (including phenoxy) is 1. The van der Waals surface area contributed by atoms with Crippen molar-refractivity contribution in [3.05, 3.63) is 36.0 Å². The van der Waals surface area contributed by atoms with E-state index in [0.717, 1.165) is 0 Å². The molecule has 19 heavy (non-hydrogen) atoms. The van der Waals surface area contributed by atoms with E-state index in [1.54, 1.807) is 18.2 Å². The normalized spacial score (nSPS) is 10.2. The summed E-state index contributed by atoms with van der Waals surface area (Å²) >= 11 is 0. The first-order valence-corrected chi connectivity index (χ1v) is 5.52. The molecule has 1 aromatic heterocycles. The molecule has 2 rings (SSSR count).